The molecule has 0 amide bonds. The third-order valence-electron chi connectivity index (χ3n) is 3.21. The highest BCUT2D eigenvalue weighted by molar-refractivity contribution is 7.89. The molecule has 0 atom stereocenters. The number of aryl methyl sites for hydroxylation is 1. The molecule has 22 heavy (non-hydrogen) atoms. The summed E-state index contributed by atoms with van der Waals surface area (Å²) < 4.78 is 27.9. The molecule has 0 radical (unpaired) electrons. The first-order valence-electron chi connectivity index (χ1n) is 6.83. The van der Waals surface area contributed by atoms with Crippen molar-refractivity contribution in [1.29, 1.82) is 0 Å². The van der Waals surface area contributed by atoms with Crippen molar-refractivity contribution in [3.8, 4) is 0 Å². The minimum absolute atomic E-state index is 0.0914. The molecule has 5 heteroatoms. The first kappa shape index (κ1) is 16.2. The SMILES string of the molecule is Cc1ccccc1COC(=O)c1cccc(CS(C)(=O)=O)c1. The van der Waals surface area contributed by atoms with Gasteiger partial charge in [-0.05, 0) is 35.7 Å². The zero-order valence-corrected chi connectivity index (χ0v) is 13.4. The molecular formula is C17H18O4S. The fraction of sp³-hybridized carbons (Fsp3) is 0.235. The molecule has 0 unspecified atom stereocenters. The lowest BCUT2D eigenvalue weighted by molar-refractivity contribution is 0.0472. The molecule has 4 nitrogen and oxygen atoms in total. The van der Waals surface area contributed by atoms with E-state index >= 15 is 0 Å². The van der Waals surface area contributed by atoms with Crippen molar-refractivity contribution in [1.82, 2.24) is 0 Å². The molecule has 0 saturated heterocycles. The van der Waals surface area contributed by atoms with Crippen molar-refractivity contribution < 1.29 is 17.9 Å². The maximum absolute atomic E-state index is 12.1. The molecule has 2 aromatic carbocycles. The van der Waals surface area contributed by atoms with Gasteiger partial charge in [-0.15, -0.1) is 0 Å². The Balaban J connectivity index is 2.07. The Kier molecular flexibility index (Phi) is 4.98. The third-order valence-corrected chi connectivity index (χ3v) is 4.07. The Morgan fingerprint density at radius 1 is 1.09 bits per heavy atom. The van der Waals surface area contributed by atoms with Crippen LogP contribution in [0.15, 0.2) is 48.5 Å². The van der Waals surface area contributed by atoms with Gasteiger partial charge in [0.15, 0.2) is 9.84 Å². The van der Waals surface area contributed by atoms with Gasteiger partial charge in [0.25, 0.3) is 0 Å². The Bertz CT molecular complexity index is 779. The van der Waals surface area contributed by atoms with Crippen molar-refractivity contribution in [3.63, 3.8) is 0 Å². The van der Waals surface area contributed by atoms with Crippen LogP contribution in [0.4, 0.5) is 0 Å². The van der Waals surface area contributed by atoms with E-state index in [1.54, 1.807) is 24.3 Å². The molecule has 0 aliphatic carbocycles. The highest BCUT2D eigenvalue weighted by Crippen LogP contribution is 2.13. The fourth-order valence-corrected chi connectivity index (χ4v) is 2.87. The number of ether oxygens (including phenoxy) is 1. The first-order chi connectivity index (χ1) is 10.3. The number of sulfone groups is 1. The molecule has 0 spiro atoms. The number of benzene rings is 2. The Labute approximate surface area is 130 Å². The van der Waals surface area contributed by atoms with Crippen molar-refractivity contribution >= 4 is 15.8 Å². The molecular weight excluding hydrogens is 300 g/mol. The second-order valence-corrected chi connectivity index (χ2v) is 7.41. The van der Waals surface area contributed by atoms with Crippen LogP contribution in [0.1, 0.15) is 27.0 Å². The second-order valence-electron chi connectivity index (χ2n) is 5.27. The van der Waals surface area contributed by atoms with Crippen molar-refractivity contribution in [2.75, 3.05) is 6.26 Å². The van der Waals surface area contributed by atoms with E-state index in [9.17, 15) is 13.2 Å². The summed E-state index contributed by atoms with van der Waals surface area (Å²) in [4.78, 5) is 12.1. The van der Waals surface area contributed by atoms with Crippen LogP contribution < -0.4 is 0 Å². The number of hydrogen-bond acceptors (Lipinski definition) is 4. The number of esters is 1. The van der Waals surface area contributed by atoms with Crippen LogP contribution in [0, 0.1) is 6.92 Å². The molecule has 0 N–H and O–H groups in total. The summed E-state index contributed by atoms with van der Waals surface area (Å²) in [5.74, 6) is -0.551. The highest BCUT2D eigenvalue weighted by atomic mass is 32.2. The van der Waals surface area contributed by atoms with Crippen LogP contribution in [0.2, 0.25) is 0 Å². The monoisotopic (exact) mass is 318 g/mol. The standard InChI is InChI=1S/C17H18O4S/c1-13-6-3-4-8-16(13)11-21-17(18)15-9-5-7-14(10-15)12-22(2,19)20/h3-10H,11-12H2,1-2H3. The number of carbonyl (C=O) groups excluding carboxylic acids is 1. The molecule has 0 heterocycles. The van der Waals surface area contributed by atoms with E-state index < -0.39 is 15.8 Å². The van der Waals surface area contributed by atoms with Gasteiger partial charge in [-0.1, -0.05) is 36.4 Å². The van der Waals surface area contributed by atoms with Crippen LogP contribution in [-0.4, -0.2) is 20.6 Å². The molecule has 0 saturated carbocycles. The lowest BCUT2D eigenvalue weighted by atomic mass is 10.1. The lowest BCUT2D eigenvalue weighted by Gasteiger charge is -2.08. The Morgan fingerprint density at radius 2 is 1.82 bits per heavy atom. The van der Waals surface area contributed by atoms with Gasteiger partial charge < -0.3 is 4.74 Å². The first-order valence-corrected chi connectivity index (χ1v) is 8.89. The largest absolute Gasteiger partial charge is 0.457 e. The summed E-state index contributed by atoms with van der Waals surface area (Å²) in [5, 5.41) is 0. The number of carbonyl (C=O) groups is 1. The van der Waals surface area contributed by atoms with Crippen LogP contribution in [-0.2, 0) is 26.9 Å². The smallest absolute Gasteiger partial charge is 0.338 e. The Morgan fingerprint density at radius 3 is 2.50 bits per heavy atom. The minimum atomic E-state index is -3.13. The summed E-state index contributed by atoms with van der Waals surface area (Å²) in [7, 11) is -3.13. The summed E-state index contributed by atoms with van der Waals surface area (Å²) in [6.07, 6.45) is 1.16. The van der Waals surface area contributed by atoms with Crippen molar-refractivity contribution in [2.45, 2.75) is 19.3 Å². The molecule has 2 aromatic rings. The quantitative estimate of drug-likeness (QED) is 0.795. The van der Waals surface area contributed by atoms with Gasteiger partial charge >= 0.3 is 5.97 Å². The van der Waals surface area contributed by atoms with E-state index in [0.29, 0.717) is 11.1 Å². The zero-order chi connectivity index (χ0) is 16.2. The summed E-state index contributed by atoms with van der Waals surface area (Å²) in [6, 6.07) is 14.2. The molecule has 0 fully saturated rings. The minimum Gasteiger partial charge on any atom is -0.457 e. The number of rotatable bonds is 5. The van der Waals surface area contributed by atoms with E-state index in [2.05, 4.69) is 0 Å². The molecule has 0 aliphatic rings. The van der Waals surface area contributed by atoms with E-state index in [1.807, 2.05) is 31.2 Å². The average Bonchev–Trinajstić information content (AvgIpc) is 2.44. The lowest BCUT2D eigenvalue weighted by Crippen LogP contribution is -2.07. The van der Waals surface area contributed by atoms with Crippen molar-refractivity contribution in [2.24, 2.45) is 0 Å². The molecule has 0 bridgehead atoms. The summed E-state index contributed by atoms with van der Waals surface area (Å²) in [6.45, 7) is 2.15. The van der Waals surface area contributed by atoms with Gasteiger partial charge in [-0.2, -0.15) is 0 Å². The normalized spacial score (nSPS) is 11.2. The van der Waals surface area contributed by atoms with Gasteiger partial charge in [-0.25, -0.2) is 13.2 Å². The predicted molar refractivity (Wildman–Crippen MR) is 85.3 cm³/mol. The van der Waals surface area contributed by atoms with Gasteiger partial charge in [-0.3, -0.25) is 0 Å². The molecule has 0 aromatic heterocycles. The van der Waals surface area contributed by atoms with Gasteiger partial charge in [0, 0.05) is 6.26 Å². The summed E-state index contributed by atoms with van der Waals surface area (Å²) in [5.41, 5.74) is 2.94. The molecule has 2 rings (SSSR count). The Hall–Kier alpha value is -2.14. The van der Waals surface area contributed by atoms with Crippen LogP contribution in [0.25, 0.3) is 0 Å². The second kappa shape index (κ2) is 6.75. The number of hydrogen-bond donors (Lipinski definition) is 0. The highest BCUT2D eigenvalue weighted by Gasteiger charge is 2.11. The fourth-order valence-electron chi connectivity index (χ4n) is 2.09. The van der Waals surface area contributed by atoms with Gasteiger partial charge in [0.1, 0.15) is 6.61 Å². The predicted octanol–water partition coefficient (Wildman–Crippen LogP) is 2.90. The van der Waals surface area contributed by atoms with Gasteiger partial charge in [0.05, 0.1) is 11.3 Å². The van der Waals surface area contributed by atoms with Crippen LogP contribution >= 0.6 is 0 Å². The summed E-state index contributed by atoms with van der Waals surface area (Å²) >= 11 is 0. The molecule has 116 valence electrons. The van der Waals surface area contributed by atoms with Crippen molar-refractivity contribution in [3.05, 3.63) is 70.8 Å². The zero-order valence-electron chi connectivity index (χ0n) is 12.6. The van der Waals surface area contributed by atoms with E-state index in [0.717, 1.165) is 17.4 Å². The van der Waals surface area contributed by atoms with Crippen LogP contribution in [0.5, 0.6) is 0 Å². The maximum atomic E-state index is 12.1. The van der Waals surface area contributed by atoms with Crippen LogP contribution in [0.3, 0.4) is 0 Å². The molecule has 0 aliphatic heterocycles. The topological polar surface area (TPSA) is 60.4 Å². The van der Waals surface area contributed by atoms with E-state index in [1.165, 1.54) is 0 Å². The third kappa shape index (κ3) is 4.70. The van der Waals surface area contributed by atoms with E-state index in [4.69, 9.17) is 4.74 Å². The van der Waals surface area contributed by atoms with Gasteiger partial charge in [0.2, 0.25) is 0 Å². The maximum Gasteiger partial charge on any atom is 0.338 e. The van der Waals surface area contributed by atoms with E-state index in [-0.39, 0.29) is 12.4 Å². The average molecular weight is 318 g/mol.